The number of amides is 1. The second-order valence-corrected chi connectivity index (χ2v) is 6.62. The van der Waals surface area contributed by atoms with E-state index >= 15 is 0 Å². The van der Waals surface area contributed by atoms with Crippen molar-refractivity contribution < 1.29 is 14.3 Å². The summed E-state index contributed by atoms with van der Waals surface area (Å²) in [6.45, 7) is 1.91. The molecule has 1 unspecified atom stereocenters. The Kier molecular flexibility index (Phi) is 7.21. The molecule has 0 aliphatic rings. The molecule has 1 amide bonds. The molecule has 128 valence electrons. The smallest absolute Gasteiger partial charge is 0.228 e. The minimum atomic E-state index is -0.365. The number of hydrogen-bond donors (Lipinski definition) is 2. The summed E-state index contributed by atoms with van der Waals surface area (Å²) < 4.78 is 13.7. The maximum atomic E-state index is 13.7. The molecule has 4 nitrogen and oxygen atoms in total. The zero-order valence-electron chi connectivity index (χ0n) is 13.5. The zero-order valence-corrected chi connectivity index (χ0v) is 14.4. The Hall–Kier alpha value is -1.92. The van der Waals surface area contributed by atoms with Crippen LogP contribution in [0.25, 0.3) is 0 Å². The highest BCUT2D eigenvalue weighted by Gasteiger charge is 2.16. The van der Waals surface area contributed by atoms with Gasteiger partial charge < -0.3 is 10.4 Å². The molecule has 2 aromatic rings. The molecule has 2 rings (SSSR count). The van der Waals surface area contributed by atoms with E-state index in [0.717, 1.165) is 11.3 Å². The Labute approximate surface area is 145 Å². The molecule has 1 aromatic heterocycles. The van der Waals surface area contributed by atoms with E-state index in [2.05, 4.69) is 10.3 Å². The van der Waals surface area contributed by atoms with E-state index in [0.29, 0.717) is 23.6 Å². The van der Waals surface area contributed by atoms with Crippen molar-refractivity contribution in [1.82, 2.24) is 4.98 Å². The lowest BCUT2D eigenvalue weighted by Gasteiger charge is -2.13. The standard InChI is InChI=1S/C18H21FN2O2S/c1-13(10-15-4-2-3-5-16(15)19)18(23)21-17-11-14(6-7-20-17)12-24-9-8-22/h2-7,11,13,22H,8-10,12H2,1H3,(H,20,21,23). The SMILES string of the molecule is CC(Cc1ccccc1F)C(=O)Nc1cc(CSCCO)ccn1. The van der Waals surface area contributed by atoms with Crippen molar-refractivity contribution in [2.75, 3.05) is 17.7 Å². The van der Waals surface area contributed by atoms with E-state index < -0.39 is 0 Å². The third kappa shape index (κ3) is 5.62. The molecule has 0 saturated carbocycles. The summed E-state index contributed by atoms with van der Waals surface area (Å²) in [6.07, 6.45) is 1.98. The van der Waals surface area contributed by atoms with Gasteiger partial charge in [-0.05, 0) is 35.7 Å². The van der Waals surface area contributed by atoms with Crippen LogP contribution in [0.4, 0.5) is 10.2 Å². The van der Waals surface area contributed by atoms with Crippen LogP contribution in [-0.2, 0) is 17.0 Å². The van der Waals surface area contributed by atoms with Gasteiger partial charge in [-0.15, -0.1) is 0 Å². The molecule has 1 heterocycles. The molecule has 24 heavy (non-hydrogen) atoms. The Morgan fingerprint density at radius 2 is 2.17 bits per heavy atom. The first-order valence-corrected chi connectivity index (χ1v) is 8.93. The van der Waals surface area contributed by atoms with Gasteiger partial charge in [0.15, 0.2) is 0 Å². The second kappa shape index (κ2) is 9.39. The minimum Gasteiger partial charge on any atom is -0.396 e. The molecule has 0 spiro atoms. The number of aliphatic hydroxyl groups is 1. The maximum absolute atomic E-state index is 13.7. The van der Waals surface area contributed by atoms with Crippen molar-refractivity contribution in [3.8, 4) is 0 Å². The highest BCUT2D eigenvalue weighted by molar-refractivity contribution is 7.98. The van der Waals surface area contributed by atoms with Crippen LogP contribution in [-0.4, -0.2) is 28.4 Å². The lowest BCUT2D eigenvalue weighted by atomic mass is 10.00. The third-order valence-electron chi connectivity index (χ3n) is 3.51. The average Bonchev–Trinajstić information content (AvgIpc) is 2.57. The van der Waals surface area contributed by atoms with Crippen LogP contribution in [0.3, 0.4) is 0 Å². The van der Waals surface area contributed by atoms with Crippen molar-refractivity contribution in [2.45, 2.75) is 19.1 Å². The van der Waals surface area contributed by atoms with E-state index in [9.17, 15) is 9.18 Å². The molecule has 0 saturated heterocycles. The summed E-state index contributed by atoms with van der Waals surface area (Å²) in [5.74, 6) is 1.06. The second-order valence-electron chi connectivity index (χ2n) is 5.51. The van der Waals surface area contributed by atoms with Crippen LogP contribution in [0.5, 0.6) is 0 Å². The van der Waals surface area contributed by atoms with Gasteiger partial charge in [0, 0.05) is 23.6 Å². The van der Waals surface area contributed by atoms with Crippen molar-refractivity contribution in [3.05, 3.63) is 59.5 Å². The van der Waals surface area contributed by atoms with Gasteiger partial charge in [0.05, 0.1) is 6.61 Å². The van der Waals surface area contributed by atoms with Gasteiger partial charge in [0.2, 0.25) is 5.91 Å². The molecule has 0 bridgehead atoms. The summed E-state index contributed by atoms with van der Waals surface area (Å²) in [6, 6.07) is 10.2. The molecule has 2 N–H and O–H groups in total. The molecule has 6 heteroatoms. The molecule has 0 aliphatic heterocycles. The first kappa shape index (κ1) is 18.4. The first-order valence-electron chi connectivity index (χ1n) is 7.78. The van der Waals surface area contributed by atoms with Gasteiger partial charge in [-0.1, -0.05) is 25.1 Å². The van der Waals surface area contributed by atoms with Crippen LogP contribution in [0.2, 0.25) is 0 Å². The van der Waals surface area contributed by atoms with E-state index in [-0.39, 0.29) is 24.2 Å². The fourth-order valence-corrected chi connectivity index (χ4v) is 2.91. The van der Waals surface area contributed by atoms with Crippen LogP contribution in [0.1, 0.15) is 18.1 Å². The Bertz CT molecular complexity index is 682. The van der Waals surface area contributed by atoms with E-state index in [1.807, 2.05) is 12.1 Å². The maximum Gasteiger partial charge on any atom is 0.228 e. The molecule has 1 atom stereocenters. The molecular weight excluding hydrogens is 327 g/mol. The molecule has 1 aromatic carbocycles. The van der Waals surface area contributed by atoms with Gasteiger partial charge in [-0.3, -0.25) is 4.79 Å². The highest BCUT2D eigenvalue weighted by Crippen LogP contribution is 2.17. The quantitative estimate of drug-likeness (QED) is 0.719. The predicted octanol–water partition coefficient (Wildman–Crippen LogP) is 3.26. The Morgan fingerprint density at radius 3 is 2.92 bits per heavy atom. The number of nitrogens with one attached hydrogen (secondary N) is 1. The number of aliphatic hydroxyl groups excluding tert-OH is 1. The topological polar surface area (TPSA) is 62.2 Å². The summed E-state index contributed by atoms with van der Waals surface area (Å²) >= 11 is 1.61. The average molecular weight is 348 g/mol. The number of anilines is 1. The van der Waals surface area contributed by atoms with Crippen molar-refractivity contribution in [1.29, 1.82) is 0 Å². The number of pyridine rings is 1. The van der Waals surface area contributed by atoms with Gasteiger partial charge in [-0.25, -0.2) is 9.37 Å². The fraction of sp³-hybridized carbons (Fsp3) is 0.333. The number of carbonyl (C=O) groups is 1. The number of rotatable bonds is 8. The number of benzene rings is 1. The number of hydrogen-bond acceptors (Lipinski definition) is 4. The summed E-state index contributed by atoms with van der Waals surface area (Å²) in [7, 11) is 0. The summed E-state index contributed by atoms with van der Waals surface area (Å²) in [5, 5.41) is 11.6. The fourth-order valence-electron chi connectivity index (χ4n) is 2.22. The van der Waals surface area contributed by atoms with E-state index in [1.165, 1.54) is 6.07 Å². The van der Waals surface area contributed by atoms with Crippen molar-refractivity contribution >= 4 is 23.5 Å². The lowest BCUT2D eigenvalue weighted by molar-refractivity contribution is -0.119. The van der Waals surface area contributed by atoms with Gasteiger partial charge >= 0.3 is 0 Å². The van der Waals surface area contributed by atoms with Gasteiger partial charge in [-0.2, -0.15) is 11.8 Å². The summed E-state index contributed by atoms with van der Waals surface area (Å²) in [5.41, 5.74) is 1.56. The monoisotopic (exact) mass is 348 g/mol. The largest absolute Gasteiger partial charge is 0.396 e. The predicted molar refractivity (Wildman–Crippen MR) is 95.4 cm³/mol. The molecular formula is C18H21FN2O2S. The Morgan fingerprint density at radius 1 is 1.38 bits per heavy atom. The minimum absolute atomic E-state index is 0.146. The lowest BCUT2D eigenvalue weighted by Crippen LogP contribution is -2.23. The number of carbonyl (C=O) groups excluding carboxylic acids is 1. The van der Waals surface area contributed by atoms with Gasteiger partial charge in [0.1, 0.15) is 11.6 Å². The van der Waals surface area contributed by atoms with E-state index in [4.69, 9.17) is 5.11 Å². The van der Waals surface area contributed by atoms with Crippen molar-refractivity contribution in [2.24, 2.45) is 5.92 Å². The van der Waals surface area contributed by atoms with Crippen LogP contribution in [0.15, 0.2) is 42.6 Å². The van der Waals surface area contributed by atoms with Crippen molar-refractivity contribution in [3.63, 3.8) is 0 Å². The first-order chi connectivity index (χ1) is 11.6. The number of thioether (sulfide) groups is 1. The summed E-state index contributed by atoms with van der Waals surface area (Å²) in [4.78, 5) is 16.4. The zero-order chi connectivity index (χ0) is 17.4. The van der Waals surface area contributed by atoms with Crippen LogP contribution >= 0.6 is 11.8 Å². The number of halogens is 1. The molecule has 0 radical (unpaired) electrons. The highest BCUT2D eigenvalue weighted by atomic mass is 32.2. The third-order valence-corrected chi connectivity index (χ3v) is 4.52. The normalized spacial score (nSPS) is 12.0. The van der Waals surface area contributed by atoms with Crippen LogP contribution in [0, 0.1) is 11.7 Å². The number of aromatic nitrogens is 1. The molecule has 0 aliphatic carbocycles. The van der Waals surface area contributed by atoms with E-state index in [1.54, 1.807) is 43.1 Å². The molecule has 0 fully saturated rings. The number of nitrogens with zero attached hydrogens (tertiary/aromatic N) is 1. The Balaban J connectivity index is 1.93. The van der Waals surface area contributed by atoms with Crippen LogP contribution < -0.4 is 5.32 Å². The van der Waals surface area contributed by atoms with Gasteiger partial charge in [0.25, 0.3) is 0 Å².